The second-order valence-corrected chi connectivity index (χ2v) is 8.13. The number of aromatic amines is 1. The van der Waals surface area contributed by atoms with Gasteiger partial charge < -0.3 is 19.9 Å². The van der Waals surface area contributed by atoms with Crippen molar-refractivity contribution in [1.82, 2.24) is 19.7 Å². The van der Waals surface area contributed by atoms with Crippen LogP contribution in [-0.4, -0.2) is 49.8 Å². The molecule has 0 saturated heterocycles. The first-order chi connectivity index (χ1) is 15.3. The molecule has 0 amide bonds. The summed E-state index contributed by atoms with van der Waals surface area (Å²) in [7, 11) is 1.53. The molecule has 32 heavy (non-hydrogen) atoms. The van der Waals surface area contributed by atoms with Gasteiger partial charge in [0.05, 0.1) is 37.1 Å². The molecule has 0 bridgehead atoms. The third kappa shape index (κ3) is 3.97. The van der Waals surface area contributed by atoms with Gasteiger partial charge in [0.2, 0.25) is 0 Å². The highest BCUT2D eigenvalue weighted by Crippen LogP contribution is 2.41. The number of methoxy groups -OCH3 is 1. The zero-order valence-electron chi connectivity index (χ0n) is 17.9. The molecule has 168 valence electrons. The average Bonchev–Trinajstić information content (AvgIpc) is 3.37. The Bertz CT molecular complexity index is 1270. The summed E-state index contributed by atoms with van der Waals surface area (Å²) < 4.78 is 21.3. The number of hydrogen-bond donors (Lipinski definition) is 3. The summed E-state index contributed by atoms with van der Waals surface area (Å²) in [5, 5.41) is 24.1. The molecule has 3 aromatic heterocycles. The van der Waals surface area contributed by atoms with Crippen LogP contribution in [0.1, 0.15) is 29.7 Å². The number of aliphatic hydroxyl groups excluding tert-OH is 2. The van der Waals surface area contributed by atoms with E-state index in [1.165, 1.54) is 13.2 Å². The molecule has 0 spiro atoms. The highest BCUT2D eigenvalue weighted by atomic mass is 35.5. The molecule has 9 heteroatoms. The van der Waals surface area contributed by atoms with Crippen LogP contribution in [0.25, 0.3) is 22.2 Å². The van der Waals surface area contributed by atoms with Gasteiger partial charge in [0, 0.05) is 46.6 Å². The van der Waals surface area contributed by atoms with E-state index in [1.807, 2.05) is 32.3 Å². The maximum absolute atomic E-state index is 14.2. The van der Waals surface area contributed by atoms with Crippen molar-refractivity contribution in [2.45, 2.75) is 32.4 Å². The van der Waals surface area contributed by atoms with E-state index in [9.17, 15) is 9.50 Å². The standard InChI is InChI=1S/C23H24ClFN4O3/c1-12(21-20(32-3)5-4-19(25)22(21)24)17-8-27-23-16(17)6-14(7-26-23)18-10-29(28-13(18)2)9-15(31)11-30/h4-8,10,12,15,30-31H,9,11H2,1-3H3,(H,26,27). The van der Waals surface area contributed by atoms with Gasteiger partial charge in [-0.1, -0.05) is 18.5 Å². The van der Waals surface area contributed by atoms with Gasteiger partial charge >= 0.3 is 0 Å². The quantitative estimate of drug-likeness (QED) is 0.388. The molecule has 3 heterocycles. The molecule has 3 N–H and O–H groups in total. The fraction of sp³-hybridized carbons (Fsp3) is 0.304. The molecular formula is C23H24ClFN4O3. The maximum Gasteiger partial charge on any atom is 0.142 e. The number of aromatic nitrogens is 4. The predicted molar refractivity (Wildman–Crippen MR) is 121 cm³/mol. The third-order valence-corrected chi connectivity index (χ3v) is 6.03. The Kier molecular flexibility index (Phi) is 6.19. The first kappa shape index (κ1) is 22.3. The number of aryl methyl sites for hydroxylation is 1. The molecule has 4 aromatic rings. The van der Waals surface area contributed by atoms with Crippen LogP contribution in [0.4, 0.5) is 4.39 Å². The van der Waals surface area contributed by atoms with Gasteiger partial charge in [-0.05, 0) is 30.7 Å². The average molecular weight is 459 g/mol. The van der Waals surface area contributed by atoms with Crippen LogP contribution in [0, 0.1) is 12.7 Å². The van der Waals surface area contributed by atoms with E-state index in [0.717, 1.165) is 27.8 Å². The summed E-state index contributed by atoms with van der Waals surface area (Å²) in [5.41, 5.74) is 4.67. The number of ether oxygens (including phenoxy) is 1. The van der Waals surface area contributed by atoms with Crippen LogP contribution in [-0.2, 0) is 6.54 Å². The second kappa shape index (κ2) is 8.90. The van der Waals surface area contributed by atoms with E-state index in [0.29, 0.717) is 17.0 Å². The Hall–Kier alpha value is -2.94. The first-order valence-corrected chi connectivity index (χ1v) is 10.5. The minimum Gasteiger partial charge on any atom is -0.496 e. The predicted octanol–water partition coefficient (Wildman–Crippen LogP) is 4.04. The monoisotopic (exact) mass is 458 g/mol. The highest BCUT2D eigenvalue weighted by molar-refractivity contribution is 6.31. The topological polar surface area (TPSA) is 96.2 Å². The van der Waals surface area contributed by atoms with E-state index in [2.05, 4.69) is 15.1 Å². The number of H-pyrrole nitrogens is 1. The van der Waals surface area contributed by atoms with Crippen molar-refractivity contribution in [3.8, 4) is 16.9 Å². The van der Waals surface area contributed by atoms with Gasteiger partial charge in [0.1, 0.15) is 17.2 Å². The summed E-state index contributed by atoms with van der Waals surface area (Å²) in [6.07, 6.45) is 4.53. The smallest absolute Gasteiger partial charge is 0.142 e. The number of pyridine rings is 1. The Balaban J connectivity index is 1.78. The molecule has 4 rings (SSSR count). The molecule has 0 aliphatic rings. The fourth-order valence-electron chi connectivity index (χ4n) is 3.98. The van der Waals surface area contributed by atoms with E-state index in [4.69, 9.17) is 21.4 Å². The van der Waals surface area contributed by atoms with Crippen LogP contribution >= 0.6 is 11.6 Å². The van der Waals surface area contributed by atoms with Crippen LogP contribution < -0.4 is 4.74 Å². The van der Waals surface area contributed by atoms with E-state index < -0.39 is 11.9 Å². The van der Waals surface area contributed by atoms with Crippen LogP contribution in [0.3, 0.4) is 0 Å². The lowest BCUT2D eigenvalue weighted by atomic mass is 9.91. The minimum absolute atomic E-state index is 0.0369. The molecule has 2 atom stereocenters. The normalized spacial score (nSPS) is 13.5. The SMILES string of the molecule is COc1ccc(F)c(Cl)c1C(C)c1c[nH]c2ncc(-c3cn(CC(O)CO)nc3C)cc12. The lowest BCUT2D eigenvalue weighted by Crippen LogP contribution is -2.20. The Morgan fingerprint density at radius 3 is 2.84 bits per heavy atom. The summed E-state index contributed by atoms with van der Waals surface area (Å²) in [6.45, 7) is 3.67. The number of nitrogens with one attached hydrogen (secondary N) is 1. The van der Waals surface area contributed by atoms with Crippen molar-refractivity contribution in [2.75, 3.05) is 13.7 Å². The molecular weight excluding hydrogens is 435 g/mol. The van der Waals surface area contributed by atoms with Crippen molar-refractivity contribution in [3.63, 3.8) is 0 Å². The highest BCUT2D eigenvalue weighted by Gasteiger charge is 2.23. The van der Waals surface area contributed by atoms with Crippen molar-refractivity contribution in [3.05, 3.63) is 64.5 Å². The molecule has 0 radical (unpaired) electrons. The van der Waals surface area contributed by atoms with Crippen LogP contribution in [0.2, 0.25) is 5.02 Å². The van der Waals surface area contributed by atoms with Crippen LogP contribution in [0.5, 0.6) is 5.75 Å². The Labute approximate surface area is 189 Å². The molecule has 0 aliphatic heterocycles. The van der Waals surface area contributed by atoms with Gasteiger partial charge in [0.15, 0.2) is 0 Å². The lowest BCUT2D eigenvalue weighted by molar-refractivity contribution is 0.0782. The summed E-state index contributed by atoms with van der Waals surface area (Å²) in [6, 6.07) is 4.87. The molecule has 2 unspecified atom stereocenters. The number of rotatable bonds is 7. The largest absolute Gasteiger partial charge is 0.496 e. The van der Waals surface area contributed by atoms with E-state index >= 15 is 0 Å². The van der Waals surface area contributed by atoms with Gasteiger partial charge in [-0.25, -0.2) is 9.37 Å². The van der Waals surface area contributed by atoms with E-state index in [1.54, 1.807) is 16.9 Å². The molecule has 1 aromatic carbocycles. The summed E-state index contributed by atoms with van der Waals surface area (Å²) in [4.78, 5) is 7.72. The zero-order chi connectivity index (χ0) is 23.0. The first-order valence-electron chi connectivity index (χ1n) is 10.2. The number of hydrogen-bond acceptors (Lipinski definition) is 5. The van der Waals surface area contributed by atoms with Gasteiger partial charge in [0.25, 0.3) is 0 Å². The number of nitrogens with zero attached hydrogens (tertiary/aromatic N) is 3. The van der Waals surface area contributed by atoms with Crippen molar-refractivity contribution >= 4 is 22.6 Å². The number of aliphatic hydroxyl groups is 2. The second-order valence-electron chi connectivity index (χ2n) is 7.75. The number of benzene rings is 1. The van der Waals surface area contributed by atoms with E-state index in [-0.39, 0.29) is 24.1 Å². The third-order valence-electron chi connectivity index (χ3n) is 5.64. The lowest BCUT2D eigenvalue weighted by Gasteiger charge is -2.17. The zero-order valence-corrected chi connectivity index (χ0v) is 18.7. The number of halogens is 2. The van der Waals surface area contributed by atoms with Crippen molar-refractivity contribution in [1.29, 1.82) is 0 Å². The fourth-order valence-corrected chi connectivity index (χ4v) is 4.30. The molecule has 0 aliphatic carbocycles. The summed E-state index contributed by atoms with van der Waals surface area (Å²) in [5.74, 6) is -0.245. The van der Waals surface area contributed by atoms with Gasteiger partial charge in [-0.15, -0.1) is 0 Å². The van der Waals surface area contributed by atoms with Crippen molar-refractivity contribution < 1.29 is 19.3 Å². The minimum atomic E-state index is -0.883. The summed E-state index contributed by atoms with van der Waals surface area (Å²) >= 11 is 6.31. The molecule has 0 saturated carbocycles. The molecule has 7 nitrogen and oxygen atoms in total. The van der Waals surface area contributed by atoms with Gasteiger partial charge in [-0.3, -0.25) is 4.68 Å². The van der Waals surface area contributed by atoms with Crippen molar-refractivity contribution in [2.24, 2.45) is 0 Å². The Morgan fingerprint density at radius 2 is 2.12 bits per heavy atom. The maximum atomic E-state index is 14.2. The number of fused-ring (bicyclic) bond motifs is 1. The Morgan fingerprint density at radius 1 is 1.34 bits per heavy atom. The van der Waals surface area contributed by atoms with Gasteiger partial charge in [-0.2, -0.15) is 5.10 Å². The molecule has 0 fully saturated rings. The van der Waals surface area contributed by atoms with Crippen LogP contribution in [0.15, 0.2) is 36.8 Å².